The number of nitrogens with one attached hydrogen (secondary N) is 1. The average molecular weight is 335 g/mol. The van der Waals surface area contributed by atoms with Crippen molar-refractivity contribution >= 4 is 5.91 Å². The van der Waals surface area contributed by atoms with Crippen LogP contribution in [-0.2, 0) is 24.7 Å². The van der Waals surface area contributed by atoms with Crippen LogP contribution in [-0.4, -0.2) is 20.6 Å². The molecule has 25 heavy (non-hydrogen) atoms. The Morgan fingerprint density at radius 2 is 1.88 bits per heavy atom. The molecule has 3 aromatic rings. The lowest BCUT2D eigenvalue weighted by molar-refractivity contribution is -0.121. The minimum absolute atomic E-state index is 0.135. The maximum atomic E-state index is 12.5. The largest absolute Gasteiger partial charge is 0.508 e. The predicted octanol–water partition coefficient (Wildman–Crippen LogP) is 2.77. The van der Waals surface area contributed by atoms with Gasteiger partial charge in [0.15, 0.2) is 0 Å². The molecule has 5 nitrogen and oxygen atoms in total. The number of carbonyl (C=O) groups excluding carboxylic acids is 1. The van der Waals surface area contributed by atoms with Gasteiger partial charge in [0.25, 0.3) is 0 Å². The standard InChI is InChI=1S/C20H21N3O2/c1-23-12-11-21-19(23)14-17(15-7-3-2-4-8-15)22-20(25)13-16-9-5-6-10-18(16)24/h2-12,17,24H,13-14H2,1H3,(H,22,25)/t17-/m0/s1. The molecule has 0 saturated heterocycles. The maximum absolute atomic E-state index is 12.5. The van der Waals surface area contributed by atoms with Crippen LogP contribution in [0, 0.1) is 0 Å². The smallest absolute Gasteiger partial charge is 0.225 e. The summed E-state index contributed by atoms with van der Waals surface area (Å²) in [6.07, 6.45) is 4.37. The first-order valence-corrected chi connectivity index (χ1v) is 8.21. The number of phenols is 1. The van der Waals surface area contributed by atoms with E-state index in [9.17, 15) is 9.90 Å². The zero-order valence-corrected chi connectivity index (χ0v) is 14.1. The van der Waals surface area contributed by atoms with Gasteiger partial charge in [-0.05, 0) is 11.6 Å². The number of aromatic nitrogens is 2. The topological polar surface area (TPSA) is 67.2 Å². The Balaban J connectivity index is 1.76. The number of hydrogen-bond donors (Lipinski definition) is 2. The van der Waals surface area contributed by atoms with Crippen molar-refractivity contribution in [3.8, 4) is 5.75 Å². The summed E-state index contributed by atoms with van der Waals surface area (Å²) in [6, 6.07) is 16.6. The van der Waals surface area contributed by atoms with E-state index in [-0.39, 0.29) is 24.1 Å². The fourth-order valence-corrected chi connectivity index (χ4v) is 2.79. The Labute approximate surface area is 147 Å². The first-order chi connectivity index (χ1) is 12.1. The zero-order chi connectivity index (χ0) is 17.6. The molecule has 1 amide bonds. The molecule has 3 rings (SSSR count). The van der Waals surface area contributed by atoms with Crippen LogP contribution in [0.5, 0.6) is 5.75 Å². The number of benzene rings is 2. The SMILES string of the molecule is Cn1ccnc1C[C@H](NC(=O)Cc1ccccc1O)c1ccccc1. The molecule has 0 unspecified atom stereocenters. The number of imidazole rings is 1. The molecule has 0 aliphatic carbocycles. The third kappa shape index (κ3) is 4.26. The number of para-hydroxylation sites is 1. The van der Waals surface area contributed by atoms with Crippen molar-refractivity contribution in [1.82, 2.24) is 14.9 Å². The molecule has 1 atom stereocenters. The van der Waals surface area contributed by atoms with Crippen LogP contribution in [0.15, 0.2) is 67.0 Å². The van der Waals surface area contributed by atoms with Gasteiger partial charge in [-0.25, -0.2) is 4.98 Å². The van der Waals surface area contributed by atoms with E-state index in [2.05, 4.69) is 10.3 Å². The van der Waals surface area contributed by atoms with Gasteiger partial charge in [-0.3, -0.25) is 4.79 Å². The minimum atomic E-state index is -0.180. The molecule has 0 aliphatic heterocycles. The van der Waals surface area contributed by atoms with E-state index in [0.29, 0.717) is 12.0 Å². The molecule has 2 aromatic carbocycles. The van der Waals surface area contributed by atoms with Crippen LogP contribution in [0.25, 0.3) is 0 Å². The van der Waals surface area contributed by atoms with Crippen molar-refractivity contribution < 1.29 is 9.90 Å². The van der Waals surface area contributed by atoms with Gasteiger partial charge in [-0.1, -0.05) is 48.5 Å². The Morgan fingerprint density at radius 1 is 1.16 bits per heavy atom. The van der Waals surface area contributed by atoms with E-state index in [4.69, 9.17) is 0 Å². The van der Waals surface area contributed by atoms with Crippen LogP contribution in [0.1, 0.15) is 23.0 Å². The van der Waals surface area contributed by atoms with E-state index in [1.54, 1.807) is 24.4 Å². The van der Waals surface area contributed by atoms with Crippen LogP contribution < -0.4 is 5.32 Å². The second-order valence-corrected chi connectivity index (χ2v) is 5.99. The molecule has 5 heteroatoms. The van der Waals surface area contributed by atoms with Crippen LogP contribution in [0.4, 0.5) is 0 Å². The number of aryl methyl sites for hydroxylation is 1. The zero-order valence-electron chi connectivity index (χ0n) is 14.1. The van der Waals surface area contributed by atoms with Crippen molar-refractivity contribution in [3.05, 3.63) is 83.9 Å². The van der Waals surface area contributed by atoms with Crippen molar-refractivity contribution in [2.24, 2.45) is 7.05 Å². The summed E-state index contributed by atoms with van der Waals surface area (Å²) in [4.78, 5) is 16.9. The lowest BCUT2D eigenvalue weighted by Crippen LogP contribution is -2.31. The fourth-order valence-electron chi connectivity index (χ4n) is 2.79. The van der Waals surface area contributed by atoms with E-state index in [1.165, 1.54) is 0 Å². The molecular formula is C20H21N3O2. The third-order valence-electron chi connectivity index (χ3n) is 4.19. The van der Waals surface area contributed by atoms with Gasteiger partial charge in [-0.15, -0.1) is 0 Å². The molecule has 128 valence electrons. The summed E-state index contributed by atoms with van der Waals surface area (Å²) in [5, 5.41) is 12.9. The van der Waals surface area contributed by atoms with Crippen LogP contribution in [0.3, 0.4) is 0 Å². The predicted molar refractivity (Wildman–Crippen MR) is 96.0 cm³/mol. The Hall–Kier alpha value is -3.08. The number of hydrogen-bond acceptors (Lipinski definition) is 3. The molecule has 1 aromatic heterocycles. The first kappa shape index (κ1) is 16.8. The highest BCUT2D eigenvalue weighted by molar-refractivity contribution is 5.79. The number of amides is 1. The van der Waals surface area contributed by atoms with Gasteiger partial charge in [-0.2, -0.15) is 0 Å². The van der Waals surface area contributed by atoms with Gasteiger partial charge >= 0.3 is 0 Å². The number of rotatable bonds is 6. The van der Waals surface area contributed by atoms with Gasteiger partial charge in [0.2, 0.25) is 5.91 Å². The maximum Gasteiger partial charge on any atom is 0.225 e. The average Bonchev–Trinajstić information content (AvgIpc) is 3.02. The highest BCUT2D eigenvalue weighted by Gasteiger charge is 2.18. The molecule has 2 N–H and O–H groups in total. The summed E-state index contributed by atoms with van der Waals surface area (Å²) < 4.78 is 1.95. The molecule has 0 spiro atoms. The quantitative estimate of drug-likeness (QED) is 0.728. The molecule has 0 fully saturated rings. The van der Waals surface area contributed by atoms with Gasteiger partial charge in [0.05, 0.1) is 12.5 Å². The lowest BCUT2D eigenvalue weighted by Gasteiger charge is -2.19. The molecule has 0 radical (unpaired) electrons. The van der Waals surface area contributed by atoms with Crippen molar-refractivity contribution in [2.75, 3.05) is 0 Å². The first-order valence-electron chi connectivity index (χ1n) is 8.21. The summed E-state index contributed by atoms with van der Waals surface area (Å²) in [6.45, 7) is 0. The van der Waals surface area contributed by atoms with E-state index in [1.807, 2.05) is 54.2 Å². The number of nitrogens with zero attached hydrogens (tertiary/aromatic N) is 2. The lowest BCUT2D eigenvalue weighted by atomic mass is 10.0. The van der Waals surface area contributed by atoms with E-state index >= 15 is 0 Å². The molecule has 0 aliphatic rings. The van der Waals surface area contributed by atoms with Crippen molar-refractivity contribution in [2.45, 2.75) is 18.9 Å². The highest BCUT2D eigenvalue weighted by atomic mass is 16.3. The molecule has 1 heterocycles. The summed E-state index contributed by atoms with van der Waals surface area (Å²) >= 11 is 0. The second kappa shape index (κ2) is 7.66. The van der Waals surface area contributed by atoms with Crippen LogP contribution >= 0.6 is 0 Å². The monoisotopic (exact) mass is 335 g/mol. The highest BCUT2D eigenvalue weighted by Crippen LogP contribution is 2.19. The molecule has 0 bridgehead atoms. The normalized spacial score (nSPS) is 11.9. The number of carbonyl (C=O) groups is 1. The summed E-state index contributed by atoms with van der Waals surface area (Å²) in [5.74, 6) is 0.902. The fraction of sp³-hybridized carbons (Fsp3) is 0.200. The Morgan fingerprint density at radius 3 is 2.56 bits per heavy atom. The van der Waals surface area contributed by atoms with E-state index in [0.717, 1.165) is 11.4 Å². The number of phenolic OH excluding ortho intramolecular Hbond substituents is 1. The van der Waals surface area contributed by atoms with Gasteiger partial charge in [0.1, 0.15) is 11.6 Å². The second-order valence-electron chi connectivity index (χ2n) is 5.99. The van der Waals surface area contributed by atoms with Crippen molar-refractivity contribution in [1.29, 1.82) is 0 Å². The van der Waals surface area contributed by atoms with Gasteiger partial charge < -0.3 is 15.0 Å². The molecular weight excluding hydrogens is 314 g/mol. The molecule has 0 saturated carbocycles. The van der Waals surface area contributed by atoms with Crippen LogP contribution in [0.2, 0.25) is 0 Å². The minimum Gasteiger partial charge on any atom is -0.508 e. The van der Waals surface area contributed by atoms with Crippen molar-refractivity contribution in [3.63, 3.8) is 0 Å². The number of aromatic hydroxyl groups is 1. The summed E-state index contributed by atoms with van der Waals surface area (Å²) in [5.41, 5.74) is 1.64. The van der Waals surface area contributed by atoms with Gasteiger partial charge in [0, 0.05) is 31.4 Å². The summed E-state index contributed by atoms with van der Waals surface area (Å²) in [7, 11) is 1.94. The third-order valence-corrected chi connectivity index (χ3v) is 4.19. The Kier molecular flexibility index (Phi) is 5.14. The Bertz CT molecular complexity index is 843. The van der Waals surface area contributed by atoms with E-state index < -0.39 is 0 Å².